The van der Waals surface area contributed by atoms with Gasteiger partial charge >= 0.3 is 0 Å². The maximum absolute atomic E-state index is 11.7. The lowest BCUT2D eigenvalue weighted by molar-refractivity contribution is -0.123. The molecule has 1 aliphatic heterocycles. The molecule has 6 nitrogen and oxygen atoms in total. The van der Waals surface area contributed by atoms with Gasteiger partial charge in [0.25, 0.3) is 0 Å². The SMILES string of the molecule is CC1=NNC(=O)[C@H]1CCC(=O)N/N=C(/C)c1cccs1. The van der Waals surface area contributed by atoms with E-state index in [-0.39, 0.29) is 24.2 Å². The molecule has 106 valence electrons. The van der Waals surface area contributed by atoms with Crippen LogP contribution in [0.15, 0.2) is 27.7 Å². The molecule has 0 radical (unpaired) electrons. The molecule has 0 fully saturated rings. The number of carbonyl (C=O) groups is 2. The zero-order valence-corrected chi connectivity index (χ0v) is 12.2. The normalized spacial score (nSPS) is 18.7. The lowest BCUT2D eigenvalue weighted by atomic mass is 9.99. The van der Waals surface area contributed by atoms with Crippen molar-refractivity contribution in [1.29, 1.82) is 0 Å². The van der Waals surface area contributed by atoms with Crippen LogP contribution in [0.5, 0.6) is 0 Å². The van der Waals surface area contributed by atoms with Crippen molar-refractivity contribution < 1.29 is 9.59 Å². The van der Waals surface area contributed by atoms with Crippen LogP contribution in [-0.2, 0) is 9.59 Å². The van der Waals surface area contributed by atoms with Crippen LogP contribution < -0.4 is 10.9 Å². The summed E-state index contributed by atoms with van der Waals surface area (Å²) < 4.78 is 0. The summed E-state index contributed by atoms with van der Waals surface area (Å²) in [5, 5.41) is 9.85. The molecule has 0 aliphatic carbocycles. The Balaban J connectivity index is 1.80. The molecule has 1 aromatic rings. The first-order valence-electron chi connectivity index (χ1n) is 6.29. The second-order valence-corrected chi connectivity index (χ2v) is 5.48. The Labute approximate surface area is 121 Å². The fraction of sp³-hybridized carbons (Fsp3) is 0.385. The molecule has 0 aromatic carbocycles. The number of nitrogens with zero attached hydrogens (tertiary/aromatic N) is 2. The van der Waals surface area contributed by atoms with E-state index in [0.29, 0.717) is 6.42 Å². The van der Waals surface area contributed by atoms with Crippen LogP contribution in [0.25, 0.3) is 0 Å². The largest absolute Gasteiger partial charge is 0.273 e. The van der Waals surface area contributed by atoms with Gasteiger partial charge in [-0.3, -0.25) is 9.59 Å². The number of hydrogen-bond donors (Lipinski definition) is 2. The van der Waals surface area contributed by atoms with Gasteiger partial charge in [0.1, 0.15) is 0 Å². The van der Waals surface area contributed by atoms with Crippen molar-refractivity contribution in [3.8, 4) is 0 Å². The molecule has 0 saturated carbocycles. The molecule has 1 aliphatic rings. The zero-order valence-electron chi connectivity index (χ0n) is 11.3. The molecule has 2 rings (SSSR count). The highest BCUT2D eigenvalue weighted by molar-refractivity contribution is 7.12. The lowest BCUT2D eigenvalue weighted by Crippen LogP contribution is -2.25. The molecule has 0 saturated heterocycles. The van der Waals surface area contributed by atoms with Crippen LogP contribution in [-0.4, -0.2) is 23.2 Å². The van der Waals surface area contributed by atoms with E-state index in [1.807, 2.05) is 24.4 Å². The molecule has 2 N–H and O–H groups in total. The van der Waals surface area contributed by atoms with Crippen LogP contribution in [0.1, 0.15) is 31.6 Å². The zero-order chi connectivity index (χ0) is 14.5. The maximum Gasteiger partial charge on any atom is 0.248 e. The Morgan fingerprint density at radius 2 is 2.40 bits per heavy atom. The van der Waals surface area contributed by atoms with Crippen LogP contribution in [0.2, 0.25) is 0 Å². The van der Waals surface area contributed by atoms with Crippen molar-refractivity contribution in [2.75, 3.05) is 0 Å². The van der Waals surface area contributed by atoms with Gasteiger partial charge < -0.3 is 0 Å². The van der Waals surface area contributed by atoms with E-state index < -0.39 is 0 Å². The van der Waals surface area contributed by atoms with E-state index in [1.54, 1.807) is 18.3 Å². The highest BCUT2D eigenvalue weighted by atomic mass is 32.1. The van der Waals surface area contributed by atoms with Gasteiger partial charge in [-0.05, 0) is 31.7 Å². The summed E-state index contributed by atoms with van der Waals surface area (Å²) in [5.41, 5.74) is 6.40. The summed E-state index contributed by atoms with van der Waals surface area (Å²) >= 11 is 1.57. The van der Waals surface area contributed by atoms with Gasteiger partial charge in [-0.15, -0.1) is 11.3 Å². The summed E-state index contributed by atoms with van der Waals surface area (Å²) in [6.07, 6.45) is 0.687. The number of hydrogen-bond acceptors (Lipinski definition) is 5. The van der Waals surface area contributed by atoms with Crippen LogP contribution in [0, 0.1) is 5.92 Å². The van der Waals surface area contributed by atoms with E-state index in [9.17, 15) is 9.59 Å². The quantitative estimate of drug-likeness (QED) is 0.636. The first kappa shape index (κ1) is 14.4. The van der Waals surface area contributed by atoms with Crippen molar-refractivity contribution in [3.05, 3.63) is 22.4 Å². The van der Waals surface area contributed by atoms with E-state index >= 15 is 0 Å². The topological polar surface area (TPSA) is 82.9 Å². The van der Waals surface area contributed by atoms with Crippen LogP contribution >= 0.6 is 11.3 Å². The van der Waals surface area contributed by atoms with Gasteiger partial charge in [0.2, 0.25) is 11.8 Å². The minimum Gasteiger partial charge on any atom is -0.273 e. The average molecular weight is 292 g/mol. The average Bonchev–Trinajstić information content (AvgIpc) is 3.05. The number of hydrazone groups is 2. The lowest BCUT2D eigenvalue weighted by Gasteiger charge is -2.06. The van der Waals surface area contributed by atoms with Gasteiger partial charge in [-0.2, -0.15) is 10.2 Å². The smallest absolute Gasteiger partial charge is 0.248 e. The van der Waals surface area contributed by atoms with Crippen LogP contribution in [0.3, 0.4) is 0 Å². The molecule has 0 unspecified atom stereocenters. The third kappa shape index (κ3) is 3.51. The molecular formula is C13H16N4O2S. The summed E-state index contributed by atoms with van der Waals surface area (Å²) in [6.45, 7) is 3.62. The number of carbonyl (C=O) groups excluding carboxylic acids is 2. The van der Waals surface area contributed by atoms with Gasteiger partial charge in [-0.25, -0.2) is 10.9 Å². The first-order chi connectivity index (χ1) is 9.58. The summed E-state index contributed by atoms with van der Waals surface area (Å²) in [5.74, 6) is -0.648. The van der Waals surface area contributed by atoms with Crippen molar-refractivity contribution in [3.63, 3.8) is 0 Å². The maximum atomic E-state index is 11.7. The standard InChI is InChI=1S/C13H16N4O2S/c1-8-10(13(19)17-14-8)5-6-12(18)16-15-9(2)11-4-3-7-20-11/h3-4,7,10H,5-6H2,1-2H3,(H,16,18)(H,17,19)/b15-9-/t10-/m0/s1. The Hall–Kier alpha value is -2.02. The molecule has 2 heterocycles. The second kappa shape index (κ2) is 6.42. The van der Waals surface area contributed by atoms with Gasteiger partial charge in [0.05, 0.1) is 11.6 Å². The third-order valence-electron chi connectivity index (χ3n) is 3.05. The minimum atomic E-state index is -0.303. The Morgan fingerprint density at radius 3 is 3.00 bits per heavy atom. The highest BCUT2D eigenvalue weighted by Gasteiger charge is 2.26. The van der Waals surface area contributed by atoms with Crippen molar-refractivity contribution in [2.45, 2.75) is 26.7 Å². The van der Waals surface area contributed by atoms with E-state index in [0.717, 1.165) is 16.3 Å². The fourth-order valence-corrected chi connectivity index (χ4v) is 2.52. The molecule has 1 aromatic heterocycles. The molecule has 1 atom stereocenters. The monoisotopic (exact) mass is 292 g/mol. The van der Waals surface area contributed by atoms with E-state index in [2.05, 4.69) is 21.1 Å². The second-order valence-electron chi connectivity index (χ2n) is 4.53. The summed E-state index contributed by atoms with van der Waals surface area (Å²) in [4.78, 5) is 24.2. The van der Waals surface area contributed by atoms with Gasteiger partial charge in [0, 0.05) is 17.0 Å². The number of rotatable bonds is 5. The Kier molecular flexibility index (Phi) is 4.62. The molecular weight excluding hydrogens is 276 g/mol. The number of thiophene rings is 1. The highest BCUT2D eigenvalue weighted by Crippen LogP contribution is 2.13. The Bertz CT molecular complexity index is 563. The molecule has 2 amide bonds. The van der Waals surface area contributed by atoms with Crippen molar-refractivity contribution >= 4 is 34.6 Å². The molecule has 20 heavy (non-hydrogen) atoms. The predicted molar refractivity (Wildman–Crippen MR) is 78.6 cm³/mol. The number of nitrogens with one attached hydrogen (secondary N) is 2. The summed E-state index contributed by atoms with van der Waals surface area (Å²) in [7, 11) is 0. The minimum absolute atomic E-state index is 0.145. The predicted octanol–water partition coefficient (Wildman–Crippen LogP) is 1.49. The molecule has 0 spiro atoms. The molecule has 7 heteroatoms. The molecule has 0 bridgehead atoms. The fourth-order valence-electron chi connectivity index (χ4n) is 1.85. The first-order valence-corrected chi connectivity index (χ1v) is 7.17. The Morgan fingerprint density at radius 1 is 1.60 bits per heavy atom. The van der Waals surface area contributed by atoms with Gasteiger partial charge in [-0.1, -0.05) is 6.07 Å². The van der Waals surface area contributed by atoms with Gasteiger partial charge in [0.15, 0.2) is 0 Å². The number of amides is 2. The summed E-state index contributed by atoms with van der Waals surface area (Å²) in [6, 6.07) is 3.88. The van der Waals surface area contributed by atoms with E-state index in [4.69, 9.17) is 0 Å². The van der Waals surface area contributed by atoms with Crippen molar-refractivity contribution in [2.24, 2.45) is 16.1 Å². The van der Waals surface area contributed by atoms with E-state index in [1.165, 1.54) is 0 Å². The van der Waals surface area contributed by atoms with Crippen LogP contribution in [0.4, 0.5) is 0 Å². The van der Waals surface area contributed by atoms with Crippen molar-refractivity contribution in [1.82, 2.24) is 10.9 Å². The third-order valence-corrected chi connectivity index (χ3v) is 4.03.